The summed E-state index contributed by atoms with van der Waals surface area (Å²) < 4.78 is 27.6. The summed E-state index contributed by atoms with van der Waals surface area (Å²) in [6.07, 6.45) is 0.738. The number of nitrogens with zero attached hydrogens (tertiary/aromatic N) is 2. The van der Waals surface area contributed by atoms with Crippen molar-refractivity contribution in [2.24, 2.45) is 5.92 Å². The van der Waals surface area contributed by atoms with Crippen molar-refractivity contribution in [3.8, 4) is 0 Å². The van der Waals surface area contributed by atoms with E-state index in [-0.39, 0.29) is 13.1 Å². The normalized spacial score (nSPS) is 18.0. The summed E-state index contributed by atoms with van der Waals surface area (Å²) >= 11 is 0. The van der Waals surface area contributed by atoms with E-state index in [1.165, 1.54) is 8.61 Å². The Bertz CT molecular complexity index is 580. The van der Waals surface area contributed by atoms with Crippen LogP contribution in [-0.2, 0) is 21.5 Å². The number of benzene rings is 1. The summed E-state index contributed by atoms with van der Waals surface area (Å²) in [5, 5.41) is 8.95. The lowest BCUT2D eigenvalue weighted by atomic mass is 9.99. The molecule has 7 heteroatoms. The summed E-state index contributed by atoms with van der Waals surface area (Å²) in [6, 6.07) is 9.38. The van der Waals surface area contributed by atoms with E-state index in [1.807, 2.05) is 30.3 Å². The minimum Gasteiger partial charge on any atom is -0.481 e. The first kappa shape index (κ1) is 15.9. The van der Waals surface area contributed by atoms with Crippen LogP contribution in [0.2, 0.25) is 0 Å². The Morgan fingerprint density at radius 2 is 1.86 bits per heavy atom. The van der Waals surface area contributed by atoms with E-state index in [1.54, 1.807) is 7.05 Å². The fourth-order valence-corrected chi connectivity index (χ4v) is 3.83. The van der Waals surface area contributed by atoms with Crippen LogP contribution < -0.4 is 0 Å². The highest BCUT2D eigenvalue weighted by Crippen LogP contribution is 2.21. The molecule has 1 heterocycles. The van der Waals surface area contributed by atoms with Crippen molar-refractivity contribution < 1.29 is 18.3 Å². The molecule has 0 aliphatic carbocycles. The Hall–Kier alpha value is -1.44. The zero-order valence-electron chi connectivity index (χ0n) is 12.0. The van der Waals surface area contributed by atoms with Gasteiger partial charge in [0.1, 0.15) is 0 Å². The molecule has 0 aromatic heterocycles. The molecule has 0 saturated carbocycles. The van der Waals surface area contributed by atoms with Crippen LogP contribution in [0, 0.1) is 5.92 Å². The molecule has 6 nitrogen and oxygen atoms in total. The van der Waals surface area contributed by atoms with E-state index in [0.29, 0.717) is 19.4 Å². The molecule has 1 aliphatic heterocycles. The SMILES string of the molecule is CN(Cc1ccccc1)S(=O)(=O)N1CCC(C(=O)O)CC1. The molecule has 1 N–H and O–H groups in total. The Labute approximate surface area is 125 Å². The average Bonchev–Trinajstić information content (AvgIpc) is 2.48. The second-order valence-corrected chi connectivity index (χ2v) is 7.30. The van der Waals surface area contributed by atoms with Crippen LogP contribution in [0.15, 0.2) is 30.3 Å². The molecule has 0 amide bonds. The van der Waals surface area contributed by atoms with Crippen molar-refractivity contribution in [2.45, 2.75) is 19.4 Å². The lowest BCUT2D eigenvalue weighted by Crippen LogP contribution is -2.46. The maximum Gasteiger partial charge on any atom is 0.306 e. The standard InChI is InChI=1S/C14H20N2O4S/c1-15(11-12-5-3-2-4-6-12)21(19,20)16-9-7-13(8-10-16)14(17)18/h2-6,13H,7-11H2,1H3,(H,17,18). The van der Waals surface area contributed by atoms with Gasteiger partial charge in [-0.25, -0.2) is 0 Å². The lowest BCUT2D eigenvalue weighted by Gasteiger charge is -2.32. The Balaban J connectivity index is 2.00. The average molecular weight is 312 g/mol. The molecule has 21 heavy (non-hydrogen) atoms. The first-order valence-corrected chi connectivity index (χ1v) is 8.29. The fraction of sp³-hybridized carbons (Fsp3) is 0.500. The number of carboxylic acids is 1. The van der Waals surface area contributed by atoms with Gasteiger partial charge in [-0.1, -0.05) is 30.3 Å². The molecule has 0 radical (unpaired) electrons. The highest BCUT2D eigenvalue weighted by atomic mass is 32.2. The number of piperidine rings is 1. The van der Waals surface area contributed by atoms with E-state index in [9.17, 15) is 13.2 Å². The van der Waals surface area contributed by atoms with Gasteiger partial charge in [0.15, 0.2) is 0 Å². The lowest BCUT2D eigenvalue weighted by molar-refractivity contribution is -0.142. The van der Waals surface area contributed by atoms with Gasteiger partial charge in [-0.2, -0.15) is 17.0 Å². The number of hydrogen-bond acceptors (Lipinski definition) is 3. The molecule has 1 aliphatic rings. The first-order valence-electron chi connectivity index (χ1n) is 6.89. The zero-order chi connectivity index (χ0) is 15.5. The number of hydrogen-bond donors (Lipinski definition) is 1. The van der Waals surface area contributed by atoms with E-state index in [0.717, 1.165) is 5.56 Å². The number of carbonyl (C=O) groups is 1. The Kier molecular flexibility index (Phi) is 4.97. The van der Waals surface area contributed by atoms with Gasteiger partial charge < -0.3 is 5.11 Å². The number of carboxylic acid groups (broad SMARTS) is 1. The molecule has 0 atom stereocenters. The largest absolute Gasteiger partial charge is 0.481 e. The van der Waals surface area contributed by atoms with Crippen molar-refractivity contribution >= 4 is 16.2 Å². The molecule has 1 aromatic carbocycles. The van der Waals surface area contributed by atoms with E-state index < -0.39 is 22.1 Å². The third-order valence-corrected chi connectivity index (χ3v) is 5.71. The highest BCUT2D eigenvalue weighted by molar-refractivity contribution is 7.86. The van der Waals surface area contributed by atoms with Gasteiger partial charge in [-0.05, 0) is 18.4 Å². The molecule has 0 bridgehead atoms. The molecule has 1 saturated heterocycles. The van der Waals surface area contributed by atoms with Gasteiger partial charge in [0.2, 0.25) is 0 Å². The fourth-order valence-electron chi connectivity index (χ4n) is 2.45. The van der Waals surface area contributed by atoms with Crippen molar-refractivity contribution in [2.75, 3.05) is 20.1 Å². The zero-order valence-corrected chi connectivity index (χ0v) is 12.8. The number of rotatable bonds is 5. The van der Waals surface area contributed by atoms with Gasteiger partial charge >= 0.3 is 5.97 Å². The summed E-state index contributed by atoms with van der Waals surface area (Å²) in [7, 11) is -1.99. The van der Waals surface area contributed by atoms with Crippen molar-refractivity contribution in [1.29, 1.82) is 0 Å². The monoisotopic (exact) mass is 312 g/mol. The van der Waals surface area contributed by atoms with Gasteiger partial charge in [0, 0.05) is 26.7 Å². The molecular weight excluding hydrogens is 292 g/mol. The maximum atomic E-state index is 12.5. The predicted octanol–water partition coefficient (Wildman–Crippen LogP) is 1.16. The Morgan fingerprint density at radius 3 is 2.38 bits per heavy atom. The number of aliphatic carboxylic acids is 1. The molecular formula is C14H20N2O4S. The predicted molar refractivity (Wildman–Crippen MR) is 78.8 cm³/mol. The van der Waals surface area contributed by atoms with E-state index in [4.69, 9.17) is 5.11 Å². The van der Waals surface area contributed by atoms with Crippen LogP contribution in [-0.4, -0.2) is 48.2 Å². The van der Waals surface area contributed by atoms with Gasteiger partial charge in [0.25, 0.3) is 10.2 Å². The quantitative estimate of drug-likeness (QED) is 0.885. The molecule has 0 unspecified atom stereocenters. The van der Waals surface area contributed by atoms with Crippen LogP contribution in [0.25, 0.3) is 0 Å². The van der Waals surface area contributed by atoms with Gasteiger partial charge in [-0.15, -0.1) is 0 Å². The van der Waals surface area contributed by atoms with Crippen LogP contribution in [0.4, 0.5) is 0 Å². The third-order valence-electron chi connectivity index (χ3n) is 3.77. The minimum atomic E-state index is -3.54. The topological polar surface area (TPSA) is 77.9 Å². The highest BCUT2D eigenvalue weighted by Gasteiger charge is 2.33. The summed E-state index contributed by atoms with van der Waals surface area (Å²) in [6.45, 7) is 0.832. The second kappa shape index (κ2) is 6.55. The van der Waals surface area contributed by atoms with Crippen LogP contribution in [0.5, 0.6) is 0 Å². The summed E-state index contributed by atoms with van der Waals surface area (Å²) in [5.74, 6) is -1.28. The van der Waals surface area contributed by atoms with Crippen LogP contribution in [0.1, 0.15) is 18.4 Å². The van der Waals surface area contributed by atoms with Gasteiger partial charge in [-0.3, -0.25) is 4.79 Å². The maximum absolute atomic E-state index is 12.5. The smallest absolute Gasteiger partial charge is 0.306 e. The summed E-state index contributed by atoms with van der Waals surface area (Å²) in [4.78, 5) is 10.9. The van der Waals surface area contributed by atoms with Crippen LogP contribution in [0.3, 0.4) is 0 Å². The van der Waals surface area contributed by atoms with Crippen molar-refractivity contribution in [3.63, 3.8) is 0 Å². The van der Waals surface area contributed by atoms with Crippen molar-refractivity contribution in [1.82, 2.24) is 8.61 Å². The van der Waals surface area contributed by atoms with E-state index in [2.05, 4.69) is 0 Å². The second-order valence-electron chi connectivity index (χ2n) is 5.26. The minimum absolute atomic E-state index is 0.262. The van der Waals surface area contributed by atoms with E-state index >= 15 is 0 Å². The van der Waals surface area contributed by atoms with Crippen LogP contribution >= 0.6 is 0 Å². The van der Waals surface area contributed by atoms with Gasteiger partial charge in [0.05, 0.1) is 5.92 Å². The summed E-state index contributed by atoms with van der Waals surface area (Å²) in [5.41, 5.74) is 0.920. The first-order chi connectivity index (χ1) is 9.91. The van der Waals surface area contributed by atoms with Crippen molar-refractivity contribution in [3.05, 3.63) is 35.9 Å². The molecule has 116 valence electrons. The molecule has 2 rings (SSSR count). The Morgan fingerprint density at radius 1 is 1.29 bits per heavy atom. The third kappa shape index (κ3) is 3.81. The molecule has 1 aromatic rings. The molecule has 0 spiro atoms. The molecule has 1 fully saturated rings.